The summed E-state index contributed by atoms with van der Waals surface area (Å²) in [5.74, 6) is 1.57. The van der Waals surface area contributed by atoms with Gasteiger partial charge in [-0.05, 0) is 50.9 Å². The number of hydrogen-bond acceptors (Lipinski definition) is 6. The fraction of sp³-hybridized carbons (Fsp3) is 0.708. The van der Waals surface area contributed by atoms with Gasteiger partial charge in [0.1, 0.15) is 11.8 Å². The zero-order valence-corrected chi connectivity index (χ0v) is 18.8. The maximum atomic E-state index is 13.1. The number of allylic oxidation sites excluding steroid dienone is 2. The summed E-state index contributed by atoms with van der Waals surface area (Å²) in [6, 6.07) is 1.52. The molecule has 0 saturated heterocycles. The van der Waals surface area contributed by atoms with Crippen molar-refractivity contribution in [3.8, 4) is 0 Å². The van der Waals surface area contributed by atoms with E-state index >= 15 is 0 Å². The van der Waals surface area contributed by atoms with Crippen molar-refractivity contribution >= 4 is 11.9 Å². The van der Waals surface area contributed by atoms with E-state index in [0.717, 1.165) is 57.9 Å². The van der Waals surface area contributed by atoms with Gasteiger partial charge in [0.2, 0.25) is 5.95 Å². The summed E-state index contributed by atoms with van der Waals surface area (Å²) in [7, 11) is 0. The van der Waals surface area contributed by atoms with Gasteiger partial charge in [-0.25, -0.2) is 4.98 Å². The zero-order valence-electron chi connectivity index (χ0n) is 18.8. The Balaban J connectivity index is 1.25. The first-order valence-corrected chi connectivity index (χ1v) is 12.4. The second-order valence-electron chi connectivity index (χ2n) is 9.89. The van der Waals surface area contributed by atoms with Crippen LogP contribution >= 0.6 is 0 Å². The molecule has 32 heavy (non-hydrogen) atoms. The fourth-order valence-electron chi connectivity index (χ4n) is 5.35. The first-order valence-electron chi connectivity index (χ1n) is 12.4. The molecule has 174 valence electrons. The van der Waals surface area contributed by atoms with E-state index in [2.05, 4.69) is 33.2 Å². The lowest BCUT2D eigenvalue weighted by Crippen LogP contribution is -2.51. The molecule has 0 radical (unpaired) electrons. The largest absolute Gasteiger partial charge is 0.359 e. The maximum absolute atomic E-state index is 13.1. The zero-order chi connectivity index (χ0) is 22.0. The highest BCUT2D eigenvalue weighted by atomic mass is 16.5. The van der Waals surface area contributed by atoms with Gasteiger partial charge in [-0.2, -0.15) is 4.68 Å². The molecule has 1 aliphatic heterocycles. The van der Waals surface area contributed by atoms with Gasteiger partial charge in [0, 0.05) is 18.5 Å². The molecule has 3 N–H and O–H groups in total. The highest BCUT2D eigenvalue weighted by Gasteiger charge is 2.41. The van der Waals surface area contributed by atoms with Crippen molar-refractivity contribution in [2.45, 2.75) is 89.0 Å². The van der Waals surface area contributed by atoms with E-state index < -0.39 is 5.60 Å². The molecule has 2 atom stereocenters. The van der Waals surface area contributed by atoms with Gasteiger partial charge in [-0.3, -0.25) is 15.0 Å². The third kappa shape index (κ3) is 4.42. The number of carbonyl (C=O) groups is 1. The Morgan fingerprint density at radius 2 is 2.03 bits per heavy atom. The number of ether oxygens (including phenoxy) is 1. The topological polar surface area (TPSA) is 97.3 Å². The molecular formula is C24H35N5O3. The molecule has 1 amide bonds. The molecule has 0 spiro atoms. The molecule has 2 saturated carbocycles. The van der Waals surface area contributed by atoms with Crippen LogP contribution in [-0.4, -0.2) is 33.9 Å². The van der Waals surface area contributed by atoms with E-state index in [1.165, 1.54) is 30.0 Å². The molecule has 1 aromatic heterocycles. The normalized spacial score (nSPS) is 26.5. The first-order chi connectivity index (χ1) is 15.6. The second kappa shape index (κ2) is 9.25. The number of carbonyl (C=O) groups excluding carboxylic acids is 1. The highest BCUT2D eigenvalue weighted by Crippen LogP contribution is 2.34. The number of nitrogens with one attached hydrogen (secondary N) is 3. The number of hydrogen-bond donors (Lipinski definition) is 3. The number of anilines is 1. The average molecular weight is 442 g/mol. The van der Waals surface area contributed by atoms with E-state index in [1.807, 2.05) is 0 Å². The maximum Gasteiger partial charge on any atom is 0.273 e. The average Bonchev–Trinajstić information content (AvgIpc) is 3.23. The van der Waals surface area contributed by atoms with Crippen molar-refractivity contribution in [2.24, 2.45) is 11.8 Å². The quantitative estimate of drug-likeness (QED) is 0.563. The predicted octanol–water partition coefficient (Wildman–Crippen LogP) is 3.03. The van der Waals surface area contributed by atoms with Gasteiger partial charge in [-0.15, -0.1) is 0 Å². The van der Waals surface area contributed by atoms with Gasteiger partial charge in [0.05, 0.1) is 12.3 Å². The molecule has 1 aromatic rings. The summed E-state index contributed by atoms with van der Waals surface area (Å²) in [6.07, 6.45) is 15.8. The van der Waals surface area contributed by atoms with Crippen LogP contribution in [0, 0.1) is 11.8 Å². The van der Waals surface area contributed by atoms with Gasteiger partial charge in [0.15, 0.2) is 0 Å². The van der Waals surface area contributed by atoms with Crippen LogP contribution in [0.25, 0.3) is 0 Å². The van der Waals surface area contributed by atoms with Crippen molar-refractivity contribution in [1.82, 2.24) is 15.0 Å². The molecule has 8 heteroatoms. The Hall–Kier alpha value is -2.35. The van der Waals surface area contributed by atoms with Crippen LogP contribution in [0.4, 0.5) is 5.95 Å². The molecule has 5 rings (SSSR count). The molecule has 3 aliphatic carbocycles. The second-order valence-corrected chi connectivity index (χ2v) is 9.89. The monoisotopic (exact) mass is 441 g/mol. The van der Waals surface area contributed by atoms with Gasteiger partial charge < -0.3 is 15.4 Å². The molecule has 4 aliphatic rings. The van der Waals surface area contributed by atoms with Crippen LogP contribution in [0.2, 0.25) is 0 Å². The Labute approximate surface area is 189 Å². The molecule has 2 fully saturated rings. The molecule has 2 heterocycles. The third-order valence-corrected chi connectivity index (χ3v) is 7.65. The van der Waals surface area contributed by atoms with E-state index in [0.29, 0.717) is 23.5 Å². The number of aromatic nitrogens is 2. The lowest BCUT2D eigenvalue weighted by atomic mass is 9.82. The predicted molar refractivity (Wildman–Crippen MR) is 123 cm³/mol. The molecule has 0 aromatic carbocycles. The Morgan fingerprint density at radius 1 is 1.19 bits per heavy atom. The number of rotatable bonds is 7. The van der Waals surface area contributed by atoms with Crippen LogP contribution in [0.1, 0.15) is 76.3 Å². The Bertz CT molecular complexity index is 917. The number of amides is 1. The van der Waals surface area contributed by atoms with Crippen molar-refractivity contribution in [1.29, 1.82) is 0 Å². The standard InChI is InChI=1S/C24H35N5O3/c30-20-14-19(26-23-27-21(28-29(20)23)18-10-3-1-4-11-18)16-32-24(12-5-2-6-13-24)22(31)25-15-17-8-7-9-17/h1,3,14,17-18,21,28H,2,4-13,15-16H2,(H,25,31)(H,26,27). The van der Waals surface area contributed by atoms with Crippen LogP contribution in [0.15, 0.2) is 23.0 Å². The summed E-state index contributed by atoms with van der Waals surface area (Å²) in [5.41, 5.74) is 2.87. The van der Waals surface area contributed by atoms with E-state index in [1.54, 1.807) is 0 Å². The summed E-state index contributed by atoms with van der Waals surface area (Å²) < 4.78 is 7.77. The van der Waals surface area contributed by atoms with Gasteiger partial charge in [-0.1, -0.05) is 37.8 Å². The van der Waals surface area contributed by atoms with Crippen molar-refractivity contribution in [3.63, 3.8) is 0 Å². The molecule has 2 unspecified atom stereocenters. The summed E-state index contributed by atoms with van der Waals surface area (Å²) in [4.78, 5) is 30.5. The SMILES string of the molecule is O=C(NCC1CCC1)C1(OCc2cc(=O)n3c(n2)NC(C2CC=CCC2)N3)CCCCC1. The number of fused-ring (bicyclic) bond motifs is 1. The first kappa shape index (κ1) is 21.5. The lowest BCUT2D eigenvalue weighted by Gasteiger charge is -2.36. The Kier molecular flexibility index (Phi) is 6.22. The minimum Gasteiger partial charge on any atom is -0.359 e. The highest BCUT2D eigenvalue weighted by molar-refractivity contribution is 5.85. The van der Waals surface area contributed by atoms with Crippen LogP contribution in [0.5, 0.6) is 0 Å². The van der Waals surface area contributed by atoms with E-state index in [9.17, 15) is 9.59 Å². The third-order valence-electron chi connectivity index (χ3n) is 7.65. The van der Waals surface area contributed by atoms with Gasteiger partial charge in [0.25, 0.3) is 11.5 Å². The minimum absolute atomic E-state index is 0.00158. The van der Waals surface area contributed by atoms with Crippen molar-refractivity contribution in [3.05, 3.63) is 34.3 Å². The smallest absolute Gasteiger partial charge is 0.273 e. The van der Waals surface area contributed by atoms with Crippen LogP contribution in [-0.2, 0) is 16.1 Å². The summed E-state index contributed by atoms with van der Waals surface area (Å²) >= 11 is 0. The van der Waals surface area contributed by atoms with Crippen LogP contribution < -0.4 is 21.6 Å². The Morgan fingerprint density at radius 3 is 2.75 bits per heavy atom. The van der Waals surface area contributed by atoms with E-state index in [-0.39, 0.29) is 24.2 Å². The van der Waals surface area contributed by atoms with E-state index in [4.69, 9.17) is 4.74 Å². The molecule has 8 nitrogen and oxygen atoms in total. The lowest BCUT2D eigenvalue weighted by molar-refractivity contribution is -0.155. The molecule has 0 bridgehead atoms. The summed E-state index contributed by atoms with van der Waals surface area (Å²) in [6.45, 7) is 0.911. The van der Waals surface area contributed by atoms with Crippen LogP contribution in [0.3, 0.4) is 0 Å². The van der Waals surface area contributed by atoms with Crippen molar-refractivity contribution in [2.75, 3.05) is 17.3 Å². The number of nitrogens with zero attached hydrogens (tertiary/aromatic N) is 2. The fourth-order valence-corrected chi connectivity index (χ4v) is 5.35. The van der Waals surface area contributed by atoms with Gasteiger partial charge >= 0.3 is 0 Å². The summed E-state index contributed by atoms with van der Waals surface area (Å²) in [5, 5.41) is 6.52. The minimum atomic E-state index is -0.804. The molecular weight excluding hydrogens is 406 g/mol. The van der Waals surface area contributed by atoms with Crippen molar-refractivity contribution < 1.29 is 9.53 Å².